The molecule has 0 amide bonds. The molecule has 0 spiro atoms. The molecule has 0 radical (unpaired) electrons. The first-order chi connectivity index (χ1) is 8.56. The predicted octanol–water partition coefficient (Wildman–Crippen LogP) is 4.46. The molecule has 18 heavy (non-hydrogen) atoms. The Morgan fingerprint density at radius 1 is 1.17 bits per heavy atom. The Morgan fingerprint density at radius 2 is 1.83 bits per heavy atom. The molecule has 0 fully saturated rings. The van der Waals surface area contributed by atoms with E-state index in [9.17, 15) is 0 Å². The lowest BCUT2D eigenvalue weighted by atomic mass is 10.0. The monoisotopic (exact) mass is 306 g/mol. The summed E-state index contributed by atoms with van der Waals surface area (Å²) in [5.74, 6) is 1.23. The lowest BCUT2D eigenvalue weighted by Crippen LogP contribution is -1.97. The van der Waals surface area contributed by atoms with E-state index in [-0.39, 0.29) is 0 Å². The molecule has 1 aromatic carbocycles. The molecule has 0 aliphatic heterocycles. The summed E-state index contributed by atoms with van der Waals surface area (Å²) in [5, 5.41) is 0. The lowest BCUT2D eigenvalue weighted by Gasteiger charge is -2.13. The van der Waals surface area contributed by atoms with Crippen LogP contribution in [0.4, 0.5) is 0 Å². The van der Waals surface area contributed by atoms with Crippen molar-refractivity contribution in [1.82, 2.24) is 9.97 Å². The molecule has 0 saturated carbocycles. The lowest BCUT2D eigenvalue weighted by molar-refractivity contribution is 0.433. The fraction of sp³-hybridized carbons (Fsp3) is 0.286. The summed E-state index contributed by atoms with van der Waals surface area (Å²) >= 11 is 3.30. The third kappa shape index (κ3) is 3.07. The standard InChI is InChI=1S/C14H15BrN2O/c1-9(2)12-5-4-10(3)6-13(12)18-14-16-7-11(15)8-17-14/h4-9H,1-3H3. The van der Waals surface area contributed by atoms with Crippen molar-refractivity contribution in [3.05, 3.63) is 46.2 Å². The Labute approximate surface area is 115 Å². The maximum absolute atomic E-state index is 5.76. The summed E-state index contributed by atoms with van der Waals surface area (Å²) in [6, 6.07) is 6.56. The maximum Gasteiger partial charge on any atom is 0.321 e. The zero-order valence-corrected chi connectivity index (χ0v) is 12.2. The maximum atomic E-state index is 5.76. The Bertz CT molecular complexity index is 538. The SMILES string of the molecule is Cc1ccc(C(C)C)c(Oc2ncc(Br)cn2)c1. The Balaban J connectivity index is 2.32. The molecule has 0 unspecified atom stereocenters. The number of hydrogen-bond acceptors (Lipinski definition) is 3. The molecule has 1 aromatic heterocycles. The number of nitrogens with zero attached hydrogens (tertiary/aromatic N) is 2. The molecule has 4 heteroatoms. The second-order valence-corrected chi connectivity index (χ2v) is 5.40. The Kier molecular flexibility index (Phi) is 3.97. The summed E-state index contributed by atoms with van der Waals surface area (Å²) in [6.45, 7) is 6.32. The summed E-state index contributed by atoms with van der Waals surface area (Å²) in [7, 11) is 0. The van der Waals surface area contributed by atoms with E-state index < -0.39 is 0 Å². The smallest absolute Gasteiger partial charge is 0.321 e. The third-order valence-corrected chi connectivity index (χ3v) is 3.00. The van der Waals surface area contributed by atoms with Gasteiger partial charge in [-0.3, -0.25) is 0 Å². The average Bonchev–Trinajstić information content (AvgIpc) is 2.32. The first kappa shape index (κ1) is 13.0. The van der Waals surface area contributed by atoms with Crippen LogP contribution in [-0.2, 0) is 0 Å². The van der Waals surface area contributed by atoms with Crippen LogP contribution in [-0.4, -0.2) is 9.97 Å². The molecule has 94 valence electrons. The molecular weight excluding hydrogens is 292 g/mol. The third-order valence-electron chi connectivity index (χ3n) is 2.59. The number of ether oxygens (including phenoxy) is 1. The first-order valence-electron chi connectivity index (χ1n) is 5.82. The predicted molar refractivity (Wildman–Crippen MR) is 75.1 cm³/mol. The topological polar surface area (TPSA) is 35.0 Å². The highest BCUT2D eigenvalue weighted by Gasteiger charge is 2.10. The number of rotatable bonds is 3. The second kappa shape index (κ2) is 5.48. The van der Waals surface area contributed by atoms with Crippen LogP contribution < -0.4 is 4.74 Å². The molecule has 3 nitrogen and oxygen atoms in total. The van der Waals surface area contributed by atoms with E-state index in [0.29, 0.717) is 11.9 Å². The quantitative estimate of drug-likeness (QED) is 0.839. The minimum Gasteiger partial charge on any atom is -0.424 e. The van der Waals surface area contributed by atoms with Gasteiger partial charge in [-0.25, -0.2) is 9.97 Å². The molecule has 0 saturated heterocycles. The van der Waals surface area contributed by atoms with Crippen molar-refractivity contribution in [3.8, 4) is 11.8 Å². The van der Waals surface area contributed by atoms with Crippen LogP contribution in [0.25, 0.3) is 0 Å². The van der Waals surface area contributed by atoms with Gasteiger partial charge in [0.1, 0.15) is 5.75 Å². The summed E-state index contributed by atoms with van der Waals surface area (Å²) in [5.41, 5.74) is 2.32. The zero-order chi connectivity index (χ0) is 13.1. The van der Waals surface area contributed by atoms with Crippen LogP contribution >= 0.6 is 15.9 Å². The van der Waals surface area contributed by atoms with E-state index >= 15 is 0 Å². The molecule has 0 aliphatic carbocycles. The van der Waals surface area contributed by atoms with Gasteiger partial charge in [-0.05, 0) is 46.0 Å². The minimum atomic E-state index is 0.366. The number of hydrogen-bond donors (Lipinski definition) is 0. The van der Waals surface area contributed by atoms with Gasteiger partial charge in [0.05, 0.1) is 4.47 Å². The van der Waals surface area contributed by atoms with E-state index in [1.807, 2.05) is 13.0 Å². The number of halogens is 1. The van der Waals surface area contributed by atoms with Gasteiger partial charge in [0, 0.05) is 12.4 Å². The van der Waals surface area contributed by atoms with Crippen molar-refractivity contribution in [2.75, 3.05) is 0 Å². The van der Waals surface area contributed by atoms with Crippen molar-refractivity contribution in [2.45, 2.75) is 26.7 Å². The van der Waals surface area contributed by atoms with Crippen molar-refractivity contribution in [3.63, 3.8) is 0 Å². The van der Waals surface area contributed by atoms with E-state index in [4.69, 9.17) is 4.74 Å². The van der Waals surface area contributed by atoms with Crippen LogP contribution in [0.15, 0.2) is 35.1 Å². The summed E-state index contributed by atoms with van der Waals surface area (Å²) < 4.78 is 6.60. The van der Waals surface area contributed by atoms with Crippen LogP contribution in [0.1, 0.15) is 30.9 Å². The first-order valence-corrected chi connectivity index (χ1v) is 6.61. The van der Waals surface area contributed by atoms with E-state index in [1.165, 1.54) is 0 Å². The molecule has 2 aromatic rings. The molecular formula is C14H15BrN2O. The van der Waals surface area contributed by atoms with Crippen LogP contribution in [0.5, 0.6) is 11.8 Å². The van der Waals surface area contributed by atoms with Gasteiger partial charge in [0.15, 0.2) is 0 Å². The van der Waals surface area contributed by atoms with Crippen molar-refractivity contribution in [2.24, 2.45) is 0 Å². The summed E-state index contributed by atoms with van der Waals surface area (Å²) in [4.78, 5) is 8.25. The molecule has 1 heterocycles. The Hall–Kier alpha value is -1.42. The van der Waals surface area contributed by atoms with Crippen LogP contribution in [0.3, 0.4) is 0 Å². The molecule has 0 N–H and O–H groups in total. The fourth-order valence-electron chi connectivity index (χ4n) is 1.66. The van der Waals surface area contributed by atoms with Gasteiger partial charge < -0.3 is 4.74 Å². The van der Waals surface area contributed by atoms with Crippen molar-refractivity contribution >= 4 is 15.9 Å². The van der Waals surface area contributed by atoms with Crippen molar-refractivity contribution < 1.29 is 4.74 Å². The average molecular weight is 307 g/mol. The van der Waals surface area contributed by atoms with Gasteiger partial charge in [-0.1, -0.05) is 26.0 Å². The van der Waals surface area contributed by atoms with E-state index in [2.05, 4.69) is 51.9 Å². The van der Waals surface area contributed by atoms with Gasteiger partial charge in [-0.15, -0.1) is 0 Å². The number of aromatic nitrogens is 2. The second-order valence-electron chi connectivity index (χ2n) is 4.48. The molecule has 0 aliphatic rings. The summed E-state index contributed by atoms with van der Waals surface area (Å²) in [6.07, 6.45) is 3.35. The number of benzene rings is 1. The molecule has 2 rings (SSSR count). The minimum absolute atomic E-state index is 0.366. The highest BCUT2D eigenvalue weighted by Crippen LogP contribution is 2.30. The van der Waals surface area contributed by atoms with Gasteiger partial charge in [0.2, 0.25) is 0 Å². The largest absolute Gasteiger partial charge is 0.424 e. The number of aryl methyl sites for hydroxylation is 1. The van der Waals surface area contributed by atoms with E-state index in [1.54, 1.807) is 12.4 Å². The van der Waals surface area contributed by atoms with Gasteiger partial charge >= 0.3 is 6.01 Å². The van der Waals surface area contributed by atoms with Crippen LogP contribution in [0, 0.1) is 6.92 Å². The highest BCUT2D eigenvalue weighted by atomic mass is 79.9. The normalized spacial score (nSPS) is 10.7. The van der Waals surface area contributed by atoms with Crippen LogP contribution in [0.2, 0.25) is 0 Å². The Morgan fingerprint density at radius 3 is 2.44 bits per heavy atom. The highest BCUT2D eigenvalue weighted by molar-refractivity contribution is 9.10. The van der Waals surface area contributed by atoms with Gasteiger partial charge in [-0.2, -0.15) is 0 Å². The molecule has 0 atom stereocenters. The zero-order valence-electron chi connectivity index (χ0n) is 10.6. The van der Waals surface area contributed by atoms with Gasteiger partial charge in [0.25, 0.3) is 0 Å². The fourth-order valence-corrected chi connectivity index (χ4v) is 1.86. The molecule has 0 bridgehead atoms. The van der Waals surface area contributed by atoms with Crippen molar-refractivity contribution in [1.29, 1.82) is 0 Å². The van der Waals surface area contributed by atoms with E-state index in [0.717, 1.165) is 21.3 Å².